The Labute approximate surface area is 122 Å². The van der Waals surface area contributed by atoms with Crippen molar-refractivity contribution in [1.82, 2.24) is 4.90 Å². The summed E-state index contributed by atoms with van der Waals surface area (Å²) < 4.78 is 0. The van der Waals surface area contributed by atoms with Crippen LogP contribution >= 0.6 is 0 Å². The second kappa shape index (κ2) is 5.20. The summed E-state index contributed by atoms with van der Waals surface area (Å²) in [6.07, 6.45) is 3.10. The monoisotopic (exact) mass is 287 g/mol. The molecule has 2 aliphatic heterocycles. The van der Waals surface area contributed by atoms with Crippen molar-refractivity contribution in [2.75, 3.05) is 18.8 Å². The maximum atomic E-state index is 12.6. The molecule has 0 saturated carbocycles. The normalized spacial score (nSPS) is 21.7. The Morgan fingerprint density at radius 1 is 1.29 bits per heavy atom. The molecule has 0 aliphatic carbocycles. The second-order valence-corrected chi connectivity index (χ2v) is 5.39. The van der Waals surface area contributed by atoms with Crippen LogP contribution in [-0.2, 0) is 4.79 Å². The van der Waals surface area contributed by atoms with Gasteiger partial charge in [0.05, 0.1) is 11.3 Å². The van der Waals surface area contributed by atoms with E-state index in [2.05, 4.69) is 4.99 Å². The summed E-state index contributed by atoms with van der Waals surface area (Å²) in [6.45, 7) is 1.49. The summed E-state index contributed by atoms with van der Waals surface area (Å²) in [5.41, 5.74) is 6.80. The Bertz CT molecular complexity index is 633. The molecule has 1 atom stereocenters. The predicted molar refractivity (Wildman–Crippen MR) is 78.8 cm³/mol. The first-order valence-electron chi connectivity index (χ1n) is 7.08. The Morgan fingerprint density at radius 3 is 2.67 bits per heavy atom. The number of likely N-dealkylation sites (tertiary alicyclic amines) is 1. The number of fused-ring (bicyclic) bond motifs is 1. The molecule has 0 bridgehead atoms. The van der Waals surface area contributed by atoms with Gasteiger partial charge in [-0.1, -0.05) is 6.07 Å². The lowest BCUT2D eigenvalue weighted by atomic mass is 9.90. The molecule has 21 heavy (non-hydrogen) atoms. The number of carbonyl (C=O) groups is 2. The van der Waals surface area contributed by atoms with Gasteiger partial charge in [-0.2, -0.15) is 0 Å². The van der Waals surface area contributed by atoms with Gasteiger partial charge >= 0.3 is 5.97 Å². The summed E-state index contributed by atoms with van der Waals surface area (Å²) in [5, 5.41) is 9.46. The molecule has 1 aromatic carbocycles. The lowest BCUT2D eigenvalue weighted by molar-refractivity contribution is -0.138. The van der Waals surface area contributed by atoms with Gasteiger partial charge in [0.2, 0.25) is 0 Å². The zero-order valence-corrected chi connectivity index (χ0v) is 11.6. The SMILES string of the molecule is Nc1cccc2c1C(=O)C(C(=O)O)C(N1CCCCC1)=N2. The second-order valence-electron chi connectivity index (χ2n) is 5.39. The molecule has 1 saturated heterocycles. The lowest BCUT2D eigenvalue weighted by Crippen LogP contribution is -2.46. The van der Waals surface area contributed by atoms with E-state index in [0.29, 0.717) is 11.5 Å². The summed E-state index contributed by atoms with van der Waals surface area (Å²) in [7, 11) is 0. The van der Waals surface area contributed by atoms with Crippen molar-refractivity contribution in [2.24, 2.45) is 10.9 Å². The number of carboxylic acid groups (broad SMARTS) is 1. The third-order valence-corrected chi connectivity index (χ3v) is 4.00. The number of Topliss-reactive ketones (excluding diaryl/α,β-unsaturated/α-hetero) is 1. The van der Waals surface area contributed by atoms with Crippen LogP contribution in [0.3, 0.4) is 0 Å². The van der Waals surface area contributed by atoms with Crippen molar-refractivity contribution in [1.29, 1.82) is 0 Å². The maximum Gasteiger partial charge on any atom is 0.322 e. The number of carbonyl (C=O) groups excluding carboxylic acids is 1. The highest BCUT2D eigenvalue weighted by atomic mass is 16.4. The molecular weight excluding hydrogens is 270 g/mol. The molecule has 1 aromatic rings. The molecule has 0 radical (unpaired) electrons. The average molecular weight is 287 g/mol. The van der Waals surface area contributed by atoms with Gasteiger partial charge in [-0.25, -0.2) is 4.99 Å². The Hall–Kier alpha value is -2.37. The highest BCUT2D eigenvalue weighted by molar-refractivity contribution is 6.28. The van der Waals surface area contributed by atoms with Crippen LogP contribution in [-0.4, -0.2) is 40.7 Å². The highest BCUT2D eigenvalue weighted by Gasteiger charge is 2.40. The van der Waals surface area contributed by atoms with E-state index < -0.39 is 17.7 Å². The fourth-order valence-corrected chi connectivity index (χ4v) is 2.97. The first-order chi connectivity index (χ1) is 10.1. The summed E-state index contributed by atoms with van der Waals surface area (Å²) in [5.74, 6) is -2.53. The van der Waals surface area contributed by atoms with E-state index in [1.807, 2.05) is 4.90 Å². The maximum absolute atomic E-state index is 12.6. The van der Waals surface area contributed by atoms with E-state index in [-0.39, 0.29) is 11.3 Å². The van der Waals surface area contributed by atoms with Gasteiger partial charge in [0, 0.05) is 18.8 Å². The first kappa shape index (κ1) is 13.6. The van der Waals surface area contributed by atoms with Crippen LogP contribution in [0, 0.1) is 5.92 Å². The number of hydrogen-bond acceptors (Lipinski definition) is 5. The minimum absolute atomic E-state index is 0.227. The van der Waals surface area contributed by atoms with E-state index >= 15 is 0 Å². The standard InChI is InChI=1S/C15H17N3O3/c16-9-5-4-6-10-11(9)13(19)12(15(20)21)14(17-10)18-7-2-1-3-8-18/h4-6,12H,1-3,7-8,16H2,(H,20,21). The number of nitrogens with two attached hydrogens (primary N) is 1. The molecule has 3 rings (SSSR count). The quantitative estimate of drug-likeness (QED) is 0.605. The molecule has 1 fully saturated rings. The summed E-state index contributed by atoms with van der Waals surface area (Å²) in [4.78, 5) is 30.5. The van der Waals surface area contributed by atoms with E-state index in [4.69, 9.17) is 5.73 Å². The smallest absolute Gasteiger partial charge is 0.322 e. The Kier molecular flexibility index (Phi) is 3.37. The van der Waals surface area contributed by atoms with E-state index in [1.54, 1.807) is 18.2 Å². The van der Waals surface area contributed by atoms with E-state index in [9.17, 15) is 14.7 Å². The highest BCUT2D eigenvalue weighted by Crippen LogP contribution is 2.34. The average Bonchev–Trinajstić information content (AvgIpc) is 2.47. The number of piperidine rings is 1. The molecular formula is C15H17N3O3. The third kappa shape index (κ3) is 2.26. The Balaban J connectivity index is 2.11. The van der Waals surface area contributed by atoms with Crippen LogP contribution in [0.2, 0.25) is 0 Å². The predicted octanol–water partition coefficient (Wildman–Crippen LogP) is 1.68. The minimum atomic E-state index is -1.25. The molecule has 1 unspecified atom stereocenters. The molecule has 2 aliphatic rings. The number of anilines is 1. The number of nitrogen functional groups attached to an aromatic ring is 1. The number of nitrogens with zero attached hydrogens (tertiary/aromatic N) is 2. The van der Waals surface area contributed by atoms with Gasteiger partial charge in [-0.05, 0) is 31.4 Å². The van der Waals surface area contributed by atoms with E-state index in [1.165, 1.54) is 0 Å². The summed E-state index contributed by atoms with van der Waals surface area (Å²) in [6, 6.07) is 5.02. The summed E-state index contributed by atoms with van der Waals surface area (Å²) >= 11 is 0. The number of ketones is 1. The van der Waals surface area contributed by atoms with Crippen LogP contribution in [0.15, 0.2) is 23.2 Å². The first-order valence-corrected chi connectivity index (χ1v) is 7.08. The van der Waals surface area contributed by atoms with Gasteiger partial charge in [0.25, 0.3) is 0 Å². The van der Waals surface area contributed by atoms with Crippen LogP contribution in [0.5, 0.6) is 0 Å². The molecule has 0 spiro atoms. The van der Waals surface area contributed by atoms with Crippen LogP contribution in [0.1, 0.15) is 29.6 Å². The van der Waals surface area contributed by atoms with Crippen molar-refractivity contribution in [2.45, 2.75) is 19.3 Å². The molecule has 6 heteroatoms. The van der Waals surface area contributed by atoms with Gasteiger partial charge < -0.3 is 15.7 Å². The molecule has 6 nitrogen and oxygen atoms in total. The lowest BCUT2D eigenvalue weighted by Gasteiger charge is -2.34. The number of aliphatic carboxylic acids is 1. The molecule has 2 heterocycles. The third-order valence-electron chi connectivity index (χ3n) is 4.00. The topological polar surface area (TPSA) is 96.0 Å². The number of benzene rings is 1. The van der Waals surface area contributed by atoms with Gasteiger partial charge in [-0.3, -0.25) is 9.59 Å². The zero-order valence-electron chi connectivity index (χ0n) is 11.6. The number of amidine groups is 1. The van der Waals surface area contributed by atoms with Crippen molar-refractivity contribution >= 4 is 29.0 Å². The van der Waals surface area contributed by atoms with Gasteiger partial charge in [-0.15, -0.1) is 0 Å². The van der Waals surface area contributed by atoms with Gasteiger partial charge in [0.15, 0.2) is 11.7 Å². The number of aliphatic imine (C=N–C) groups is 1. The molecule has 0 amide bonds. The Morgan fingerprint density at radius 2 is 2.00 bits per heavy atom. The van der Waals surface area contributed by atoms with Crippen LogP contribution in [0.25, 0.3) is 0 Å². The molecule has 110 valence electrons. The van der Waals surface area contributed by atoms with Crippen LogP contribution < -0.4 is 5.73 Å². The zero-order chi connectivity index (χ0) is 15.0. The van der Waals surface area contributed by atoms with Crippen molar-refractivity contribution in [3.05, 3.63) is 23.8 Å². The van der Waals surface area contributed by atoms with Crippen LogP contribution in [0.4, 0.5) is 11.4 Å². The number of hydrogen-bond donors (Lipinski definition) is 2. The van der Waals surface area contributed by atoms with Crippen molar-refractivity contribution in [3.8, 4) is 0 Å². The number of rotatable bonds is 1. The largest absolute Gasteiger partial charge is 0.480 e. The van der Waals surface area contributed by atoms with E-state index in [0.717, 1.165) is 32.4 Å². The number of carboxylic acids is 1. The fraction of sp³-hybridized carbons (Fsp3) is 0.400. The van der Waals surface area contributed by atoms with Gasteiger partial charge in [0.1, 0.15) is 5.84 Å². The van der Waals surface area contributed by atoms with Crippen molar-refractivity contribution in [3.63, 3.8) is 0 Å². The minimum Gasteiger partial charge on any atom is -0.480 e. The molecule has 3 N–H and O–H groups in total. The molecule has 0 aromatic heterocycles. The fourth-order valence-electron chi connectivity index (χ4n) is 2.97. The van der Waals surface area contributed by atoms with Crippen molar-refractivity contribution < 1.29 is 14.7 Å².